The van der Waals surface area contributed by atoms with Gasteiger partial charge in [-0.05, 0) is 92.3 Å². The first kappa shape index (κ1) is 17.6. The van der Waals surface area contributed by atoms with E-state index in [0.29, 0.717) is 11.3 Å². The molecule has 1 amide bonds. The maximum Gasteiger partial charge on any atom is 0.407 e. The third kappa shape index (κ3) is 2.62. The fourth-order valence-electron chi connectivity index (χ4n) is 7.67. The van der Waals surface area contributed by atoms with E-state index in [1.54, 1.807) is 0 Å². The summed E-state index contributed by atoms with van der Waals surface area (Å²) in [5.74, 6) is 3.07. The molecule has 0 saturated heterocycles. The van der Waals surface area contributed by atoms with E-state index in [9.17, 15) is 9.90 Å². The van der Waals surface area contributed by atoms with Gasteiger partial charge in [0.1, 0.15) is 0 Å². The van der Waals surface area contributed by atoms with Gasteiger partial charge in [0, 0.05) is 6.04 Å². The predicted octanol–water partition coefficient (Wildman–Crippen LogP) is 4.11. The predicted molar refractivity (Wildman–Crippen MR) is 97.1 cm³/mol. The maximum absolute atomic E-state index is 11.8. The number of fused-ring (bicyclic) bond motifs is 5. The molecule has 0 aliphatic heterocycles. The number of hydrogen-bond donors (Lipinski definition) is 2. The van der Waals surface area contributed by atoms with Crippen molar-refractivity contribution in [3.8, 4) is 0 Å². The van der Waals surface area contributed by atoms with Crippen molar-refractivity contribution < 1.29 is 14.6 Å². The van der Waals surface area contributed by atoms with Crippen molar-refractivity contribution in [1.82, 2.24) is 5.32 Å². The molecule has 0 heterocycles. The van der Waals surface area contributed by atoms with Crippen molar-refractivity contribution in [3.05, 3.63) is 0 Å². The third-order valence-corrected chi connectivity index (χ3v) is 9.12. The summed E-state index contributed by atoms with van der Waals surface area (Å²) in [5.41, 5.74) is 0.657. The highest BCUT2D eigenvalue weighted by Crippen LogP contribution is 2.66. The Morgan fingerprint density at radius 1 is 1.00 bits per heavy atom. The average molecular weight is 350 g/mol. The van der Waals surface area contributed by atoms with Crippen LogP contribution >= 0.6 is 0 Å². The topological polar surface area (TPSA) is 58.6 Å². The molecule has 0 bridgehead atoms. The number of carbonyl (C=O) groups is 1. The summed E-state index contributed by atoms with van der Waals surface area (Å²) < 4.78 is 4.87. The van der Waals surface area contributed by atoms with Crippen molar-refractivity contribution in [2.75, 3.05) is 7.11 Å². The molecule has 4 rings (SSSR count). The van der Waals surface area contributed by atoms with Crippen molar-refractivity contribution in [1.29, 1.82) is 0 Å². The van der Waals surface area contributed by atoms with Gasteiger partial charge in [-0.2, -0.15) is 0 Å². The normalized spacial score (nSPS) is 51.8. The fraction of sp³-hybridized carbons (Fsp3) is 0.952. The molecule has 4 nitrogen and oxygen atoms in total. The van der Waals surface area contributed by atoms with Gasteiger partial charge in [-0.25, -0.2) is 4.79 Å². The molecule has 25 heavy (non-hydrogen) atoms. The van der Waals surface area contributed by atoms with Gasteiger partial charge in [-0.1, -0.05) is 13.8 Å². The van der Waals surface area contributed by atoms with E-state index in [1.165, 1.54) is 45.6 Å². The number of ether oxygens (including phenoxy) is 1. The monoisotopic (exact) mass is 349 g/mol. The molecule has 4 aliphatic carbocycles. The van der Waals surface area contributed by atoms with Crippen LogP contribution in [0.15, 0.2) is 0 Å². The summed E-state index contributed by atoms with van der Waals surface area (Å²) in [5, 5.41) is 13.3. The van der Waals surface area contributed by atoms with Gasteiger partial charge in [-0.3, -0.25) is 0 Å². The van der Waals surface area contributed by atoms with E-state index in [2.05, 4.69) is 19.2 Å². The minimum Gasteiger partial charge on any atom is -0.453 e. The molecule has 2 N–H and O–H groups in total. The average Bonchev–Trinajstić information content (AvgIpc) is 2.92. The van der Waals surface area contributed by atoms with Crippen LogP contribution in [0.25, 0.3) is 0 Å². The smallest absolute Gasteiger partial charge is 0.407 e. The summed E-state index contributed by atoms with van der Waals surface area (Å²) in [6, 6.07) is 0.268. The highest BCUT2D eigenvalue weighted by Gasteiger charge is 2.60. The molecular weight excluding hydrogens is 314 g/mol. The van der Waals surface area contributed by atoms with E-state index < -0.39 is 0 Å². The first-order valence-corrected chi connectivity index (χ1v) is 10.4. The largest absolute Gasteiger partial charge is 0.453 e. The van der Waals surface area contributed by atoms with Gasteiger partial charge in [0.25, 0.3) is 0 Å². The van der Waals surface area contributed by atoms with E-state index in [-0.39, 0.29) is 23.7 Å². The van der Waals surface area contributed by atoms with Crippen LogP contribution in [0.4, 0.5) is 4.79 Å². The second-order valence-electron chi connectivity index (χ2n) is 9.90. The van der Waals surface area contributed by atoms with Gasteiger partial charge < -0.3 is 15.2 Å². The summed E-state index contributed by atoms with van der Waals surface area (Å²) in [6.07, 6.45) is 10.3. The minimum atomic E-state index is -0.272. The number of carbonyl (C=O) groups excluding carboxylic acids is 1. The molecule has 0 aromatic heterocycles. The summed E-state index contributed by atoms with van der Waals surface area (Å²) in [6.45, 7) is 4.95. The third-order valence-electron chi connectivity index (χ3n) is 9.12. The van der Waals surface area contributed by atoms with Gasteiger partial charge in [0.2, 0.25) is 0 Å². The molecule has 0 aromatic rings. The van der Waals surface area contributed by atoms with Crippen LogP contribution in [-0.4, -0.2) is 30.5 Å². The van der Waals surface area contributed by atoms with Crippen LogP contribution in [-0.2, 0) is 4.74 Å². The van der Waals surface area contributed by atoms with E-state index in [1.807, 2.05) is 0 Å². The zero-order valence-corrected chi connectivity index (χ0v) is 16.1. The lowest BCUT2D eigenvalue weighted by Gasteiger charge is -2.60. The van der Waals surface area contributed by atoms with Gasteiger partial charge in [-0.15, -0.1) is 0 Å². The molecule has 8 atom stereocenters. The molecule has 4 heteroatoms. The molecular formula is C21H35NO3. The van der Waals surface area contributed by atoms with E-state index in [0.717, 1.165) is 37.0 Å². The number of aliphatic hydroxyl groups excluding tert-OH is 1. The molecule has 0 radical (unpaired) electrons. The van der Waals surface area contributed by atoms with Gasteiger partial charge >= 0.3 is 6.09 Å². The maximum atomic E-state index is 11.8. The second kappa shape index (κ2) is 6.14. The number of methoxy groups -OCH3 is 1. The Morgan fingerprint density at radius 2 is 1.72 bits per heavy atom. The van der Waals surface area contributed by atoms with Crippen LogP contribution in [0.3, 0.4) is 0 Å². The van der Waals surface area contributed by atoms with Crippen molar-refractivity contribution in [2.45, 2.75) is 83.8 Å². The SMILES string of the molecule is COC(=O)N[C@H]1CC[C@@H]2[C@H]3CC[C@H]4C[C@H](O)CC[C@]4(C)[C@H]3CC[C@]12C. The Morgan fingerprint density at radius 3 is 2.48 bits per heavy atom. The highest BCUT2D eigenvalue weighted by molar-refractivity contribution is 5.67. The Balaban J connectivity index is 1.55. The minimum absolute atomic E-state index is 0.0661. The first-order chi connectivity index (χ1) is 11.9. The molecule has 4 saturated carbocycles. The number of hydrogen-bond acceptors (Lipinski definition) is 3. The van der Waals surface area contributed by atoms with E-state index in [4.69, 9.17) is 4.74 Å². The number of rotatable bonds is 1. The molecule has 142 valence electrons. The molecule has 4 aliphatic rings. The lowest BCUT2D eigenvalue weighted by molar-refractivity contribution is -0.123. The zero-order chi connectivity index (χ0) is 17.8. The van der Waals surface area contributed by atoms with Crippen molar-refractivity contribution in [3.63, 3.8) is 0 Å². The van der Waals surface area contributed by atoms with Gasteiger partial charge in [0.05, 0.1) is 13.2 Å². The van der Waals surface area contributed by atoms with Crippen molar-refractivity contribution >= 4 is 6.09 Å². The first-order valence-electron chi connectivity index (χ1n) is 10.4. The standard InChI is InChI=1S/C21H35NO3/c1-20-10-8-14(23)12-13(20)4-5-15-16-6-7-18(22-19(24)25-3)21(16,2)11-9-17(15)20/h13-18,23H,4-12H2,1-3H3,(H,22,24)/t13-,14+,15+,16+,17-,18-,20-,21-/m0/s1. The number of nitrogens with one attached hydrogen (secondary N) is 1. The van der Waals surface area contributed by atoms with Crippen LogP contribution in [0.2, 0.25) is 0 Å². The van der Waals surface area contributed by atoms with Crippen LogP contribution in [0.5, 0.6) is 0 Å². The molecule has 0 spiro atoms. The van der Waals surface area contributed by atoms with Crippen molar-refractivity contribution in [2.24, 2.45) is 34.5 Å². The van der Waals surface area contributed by atoms with Crippen LogP contribution in [0.1, 0.15) is 71.6 Å². The Bertz CT molecular complexity index is 537. The molecule has 4 fully saturated rings. The van der Waals surface area contributed by atoms with Crippen LogP contribution < -0.4 is 5.32 Å². The fourth-order valence-corrected chi connectivity index (χ4v) is 7.67. The highest BCUT2D eigenvalue weighted by atomic mass is 16.5. The summed E-state index contributed by atoms with van der Waals surface area (Å²) >= 11 is 0. The quantitative estimate of drug-likeness (QED) is 0.749. The summed E-state index contributed by atoms with van der Waals surface area (Å²) in [7, 11) is 1.46. The van der Waals surface area contributed by atoms with Crippen LogP contribution in [0, 0.1) is 34.5 Å². The van der Waals surface area contributed by atoms with E-state index >= 15 is 0 Å². The lowest BCUT2D eigenvalue weighted by Crippen LogP contribution is -2.56. The number of aliphatic hydroxyl groups is 1. The lowest BCUT2D eigenvalue weighted by atomic mass is 9.45. The number of alkyl carbamates (subject to hydrolysis) is 1. The second-order valence-corrected chi connectivity index (χ2v) is 9.90. The Labute approximate surface area is 152 Å². The molecule has 0 aromatic carbocycles. The molecule has 0 unspecified atom stereocenters. The number of amides is 1. The Kier molecular flexibility index (Phi) is 4.33. The summed E-state index contributed by atoms with van der Waals surface area (Å²) in [4.78, 5) is 11.8. The zero-order valence-electron chi connectivity index (χ0n) is 16.1. The van der Waals surface area contributed by atoms with Gasteiger partial charge in [0.15, 0.2) is 0 Å². The Hall–Kier alpha value is -0.770.